The third-order valence-corrected chi connectivity index (χ3v) is 4.74. The minimum atomic E-state index is -0.373. The van der Waals surface area contributed by atoms with Gasteiger partial charge in [-0.25, -0.2) is 0 Å². The normalized spacial score (nSPS) is 21.9. The van der Waals surface area contributed by atoms with Crippen LogP contribution in [0, 0.1) is 6.92 Å². The van der Waals surface area contributed by atoms with E-state index in [0.717, 1.165) is 31.5 Å². The first-order chi connectivity index (χ1) is 9.50. The molecule has 2 aliphatic rings. The second kappa shape index (κ2) is 4.88. The number of nitrogens with zero attached hydrogens (tertiary/aromatic N) is 1. The van der Waals surface area contributed by atoms with Gasteiger partial charge in [-0.15, -0.1) is 0 Å². The summed E-state index contributed by atoms with van der Waals surface area (Å²) < 4.78 is 5.86. The molecule has 3 heteroatoms. The van der Waals surface area contributed by atoms with Gasteiger partial charge in [0.25, 0.3) is 0 Å². The summed E-state index contributed by atoms with van der Waals surface area (Å²) in [7, 11) is 0. The lowest BCUT2D eigenvalue weighted by molar-refractivity contribution is -0.169. The maximum Gasteiger partial charge on any atom is 0.311 e. The molecule has 108 valence electrons. The van der Waals surface area contributed by atoms with Gasteiger partial charge in [0.15, 0.2) is 0 Å². The van der Waals surface area contributed by atoms with Gasteiger partial charge in [0.05, 0.1) is 6.42 Å². The van der Waals surface area contributed by atoms with E-state index in [0.29, 0.717) is 12.5 Å². The van der Waals surface area contributed by atoms with Crippen LogP contribution in [-0.4, -0.2) is 30.0 Å². The Morgan fingerprint density at radius 2 is 1.95 bits per heavy atom. The number of rotatable bonds is 1. The number of likely N-dealkylation sites (tertiary alicyclic amines) is 1. The Kier molecular flexibility index (Phi) is 3.33. The van der Waals surface area contributed by atoms with Gasteiger partial charge in [0.1, 0.15) is 5.60 Å². The van der Waals surface area contributed by atoms with Gasteiger partial charge in [0.2, 0.25) is 0 Å². The number of fused-ring (bicyclic) bond motifs is 2. The average molecular weight is 273 g/mol. The van der Waals surface area contributed by atoms with Crippen molar-refractivity contribution in [1.29, 1.82) is 0 Å². The van der Waals surface area contributed by atoms with Crippen LogP contribution >= 0.6 is 0 Å². The van der Waals surface area contributed by atoms with Crippen LogP contribution in [0.15, 0.2) is 18.2 Å². The predicted molar refractivity (Wildman–Crippen MR) is 78.6 cm³/mol. The molecule has 1 spiro atoms. The fourth-order valence-electron chi connectivity index (χ4n) is 3.51. The minimum absolute atomic E-state index is 0.0700. The van der Waals surface area contributed by atoms with E-state index in [1.165, 1.54) is 11.1 Å². The second-order valence-corrected chi connectivity index (χ2v) is 6.44. The molecule has 0 N–H and O–H groups in total. The summed E-state index contributed by atoms with van der Waals surface area (Å²) in [6, 6.07) is 6.96. The highest BCUT2D eigenvalue weighted by molar-refractivity contribution is 5.76. The largest absolute Gasteiger partial charge is 0.454 e. The van der Waals surface area contributed by atoms with E-state index in [9.17, 15) is 4.79 Å². The highest BCUT2D eigenvalue weighted by Crippen LogP contribution is 2.42. The van der Waals surface area contributed by atoms with Gasteiger partial charge in [0, 0.05) is 32.0 Å². The minimum Gasteiger partial charge on any atom is -0.454 e. The Hall–Kier alpha value is -1.35. The van der Waals surface area contributed by atoms with E-state index in [1.807, 2.05) is 0 Å². The quantitative estimate of drug-likeness (QED) is 0.737. The van der Waals surface area contributed by atoms with Crippen molar-refractivity contribution in [3.05, 3.63) is 34.9 Å². The third kappa shape index (κ3) is 2.24. The molecule has 0 unspecified atom stereocenters. The number of hydrogen-bond acceptors (Lipinski definition) is 3. The highest BCUT2D eigenvalue weighted by Gasteiger charge is 2.44. The lowest BCUT2D eigenvalue weighted by atomic mass is 9.78. The molecular formula is C17H23NO2. The van der Waals surface area contributed by atoms with Crippen molar-refractivity contribution in [2.24, 2.45) is 0 Å². The molecule has 2 heterocycles. The van der Waals surface area contributed by atoms with Crippen LogP contribution in [0.5, 0.6) is 0 Å². The van der Waals surface area contributed by atoms with Crippen LogP contribution in [0.2, 0.25) is 0 Å². The van der Waals surface area contributed by atoms with Crippen LogP contribution in [0.25, 0.3) is 0 Å². The van der Waals surface area contributed by atoms with E-state index >= 15 is 0 Å². The number of esters is 1. The molecule has 0 atom stereocenters. The third-order valence-electron chi connectivity index (χ3n) is 4.74. The number of ether oxygens (including phenoxy) is 1. The number of carbonyl (C=O) groups is 1. The first kappa shape index (κ1) is 13.6. The molecule has 3 nitrogen and oxygen atoms in total. The zero-order chi connectivity index (χ0) is 14.3. The smallest absolute Gasteiger partial charge is 0.311 e. The summed E-state index contributed by atoms with van der Waals surface area (Å²) in [4.78, 5) is 14.4. The van der Waals surface area contributed by atoms with Gasteiger partial charge in [-0.05, 0) is 31.9 Å². The van der Waals surface area contributed by atoms with E-state index in [4.69, 9.17) is 4.74 Å². The van der Waals surface area contributed by atoms with Crippen molar-refractivity contribution in [2.45, 2.75) is 51.7 Å². The zero-order valence-corrected chi connectivity index (χ0v) is 12.6. The van der Waals surface area contributed by atoms with Crippen molar-refractivity contribution in [1.82, 2.24) is 4.90 Å². The molecule has 2 aliphatic heterocycles. The summed E-state index contributed by atoms with van der Waals surface area (Å²) in [5.74, 6) is -0.0700. The lowest BCUT2D eigenvalue weighted by Crippen LogP contribution is -2.49. The van der Waals surface area contributed by atoms with Crippen molar-refractivity contribution in [3.63, 3.8) is 0 Å². The Labute approximate surface area is 120 Å². The summed E-state index contributed by atoms with van der Waals surface area (Å²) in [5, 5.41) is 0. The van der Waals surface area contributed by atoms with Gasteiger partial charge < -0.3 is 9.64 Å². The fourth-order valence-corrected chi connectivity index (χ4v) is 3.51. The standard InChI is InChI=1S/C17H23NO2/c1-12(2)18-8-6-17(7-9-18)15-10-13(3)4-5-14(15)11-16(19)20-17/h4-5,10,12H,6-9,11H2,1-3H3. The summed E-state index contributed by atoms with van der Waals surface area (Å²) in [6.07, 6.45) is 2.24. The Balaban J connectivity index is 1.95. The average Bonchev–Trinajstić information content (AvgIpc) is 2.40. The van der Waals surface area contributed by atoms with Crippen LogP contribution in [0.1, 0.15) is 43.4 Å². The molecule has 20 heavy (non-hydrogen) atoms. The molecule has 0 bridgehead atoms. The van der Waals surface area contributed by atoms with E-state index in [1.54, 1.807) is 0 Å². The Bertz CT molecular complexity index is 528. The number of benzene rings is 1. The van der Waals surface area contributed by atoms with E-state index in [2.05, 4.69) is 43.9 Å². The maximum absolute atomic E-state index is 12.0. The van der Waals surface area contributed by atoms with Crippen molar-refractivity contribution in [2.75, 3.05) is 13.1 Å². The topological polar surface area (TPSA) is 29.5 Å². The molecule has 1 fully saturated rings. The molecule has 3 rings (SSSR count). The molecule has 1 aromatic carbocycles. The SMILES string of the molecule is Cc1ccc2c(c1)C1(CCN(C(C)C)CC1)OC(=O)C2. The first-order valence-corrected chi connectivity index (χ1v) is 7.56. The summed E-state index contributed by atoms with van der Waals surface area (Å²) >= 11 is 0. The maximum atomic E-state index is 12.0. The Morgan fingerprint density at radius 1 is 1.25 bits per heavy atom. The van der Waals surface area contributed by atoms with Crippen LogP contribution < -0.4 is 0 Å². The second-order valence-electron chi connectivity index (χ2n) is 6.44. The first-order valence-electron chi connectivity index (χ1n) is 7.56. The molecule has 1 saturated heterocycles. The number of piperidine rings is 1. The molecule has 0 amide bonds. The van der Waals surface area contributed by atoms with Crippen LogP contribution in [0.3, 0.4) is 0 Å². The lowest BCUT2D eigenvalue weighted by Gasteiger charge is -2.45. The Morgan fingerprint density at radius 3 is 2.60 bits per heavy atom. The van der Waals surface area contributed by atoms with Crippen molar-refractivity contribution < 1.29 is 9.53 Å². The molecule has 1 aromatic rings. The molecule has 0 saturated carbocycles. The summed E-state index contributed by atoms with van der Waals surface area (Å²) in [5.41, 5.74) is 3.28. The predicted octanol–water partition coefficient (Wildman–Crippen LogP) is 2.79. The molecule has 0 aliphatic carbocycles. The van der Waals surface area contributed by atoms with Crippen molar-refractivity contribution >= 4 is 5.97 Å². The molecule has 0 radical (unpaired) electrons. The van der Waals surface area contributed by atoms with Gasteiger partial charge in [-0.1, -0.05) is 23.8 Å². The van der Waals surface area contributed by atoms with E-state index in [-0.39, 0.29) is 11.6 Å². The van der Waals surface area contributed by atoms with Gasteiger partial charge in [-0.2, -0.15) is 0 Å². The highest BCUT2D eigenvalue weighted by atomic mass is 16.6. The van der Waals surface area contributed by atoms with Crippen LogP contribution in [-0.2, 0) is 21.6 Å². The molecule has 0 aromatic heterocycles. The van der Waals surface area contributed by atoms with Crippen LogP contribution in [0.4, 0.5) is 0 Å². The molecular weight excluding hydrogens is 250 g/mol. The van der Waals surface area contributed by atoms with Gasteiger partial charge in [-0.3, -0.25) is 4.79 Å². The summed E-state index contributed by atoms with van der Waals surface area (Å²) in [6.45, 7) is 8.55. The number of hydrogen-bond donors (Lipinski definition) is 0. The number of aryl methyl sites for hydroxylation is 1. The van der Waals surface area contributed by atoms with Crippen molar-refractivity contribution in [3.8, 4) is 0 Å². The van der Waals surface area contributed by atoms with Gasteiger partial charge >= 0.3 is 5.97 Å². The van der Waals surface area contributed by atoms with E-state index < -0.39 is 0 Å². The fraction of sp³-hybridized carbons (Fsp3) is 0.588. The monoisotopic (exact) mass is 273 g/mol. The number of carbonyl (C=O) groups excluding carboxylic acids is 1. The zero-order valence-electron chi connectivity index (χ0n) is 12.6.